The van der Waals surface area contributed by atoms with Crippen LogP contribution in [-0.2, 0) is 11.8 Å². The van der Waals surface area contributed by atoms with Crippen LogP contribution in [0.3, 0.4) is 0 Å². The summed E-state index contributed by atoms with van der Waals surface area (Å²) in [4.78, 5) is 0. The Labute approximate surface area is 129 Å². The van der Waals surface area contributed by atoms with Crippen molar-refractivity contribution in [2.45, 2.75) is 57.3 Å². The standard InChI is InChI=1S/C20H25N/c1-2-3-4-5-7-10-18-11-13-19(14-12-18)20(17-21)15-8-6-9-16-20/h6,8-9,11-15H,2-5,7,10,16H2,1H3. The van der Waals surface area contributed by atoms with Crippen molar-refractivity contribution in [3.63, 3.8) is 0 Å². The second-order valence-corrected chi connectivity index (χ2v) is 5.94. The van der Waals surface area contributed by atoms with Gasteiger partial charge in [-0.15, -0.1) is 0 Å². The average Bonchev–Trinajstić information content (AvgIpc) is 2.56. The lowest BCUT2D eigenvalue weighted by atomic mass is 9.76. The molecule has 21 heavy (non-hydrogen) atoms. The van der Waals surface area contributed by atoms with E-state index in [0.29, 0.717) is 0 Å². The molecule has 1 aliphatic carbocycles. The van der Waals surface area contributed by atoms with E-state index in [1.54, 1.807) is 0 Å². The number of benzene rings is 1. The van der Waals surface area contributed by atoms with Gasteiger partial charge < -0.3 is 0 Å². The summed E-state index contributed by atoms with van der Waals surface area (Å²) in [7, 11) is 0. The zero-order chi connectivity index (χ0) is 15.0. The highest BCUT2D eigenvalue weighted by atomic mass is 14.4. The van der Waals surface area contributed by atoms with Gasteiger partial charge in [-0.05, 0) is 30.4 Å². The molecule has 0 aromatic heterocycles. The van der Waals surface area contributed by atoms with Crippen molar-refractivity contribution in [1.29, 1.82) is 5.26 Å². The topological polar surface area (TPSA) is 23.8 Å². The van der Waals surface area contributed by atoms with Gasteiger partial charge in [0.25, 0.3) is 0 Å². The zero-order valence-corrected chi connectivity index (χ0v) is 13.0. The molecule has 0 amide bonds. The molecular weight excluding hydrogens is 254 g/mol. The van der Waals surface area contributed by atoms with Crippen molar-refractivity contribution < 1.29 is 0 Å². The molecule has 1 aromatic carbocycles. The fraction of sp³-hybridized carbons (Fsp3) is 0.450. The summed E-state index contributed by atoms with van der Waals surface area (Å²) in [5, 5.41) is 9.55. The molecule has 1 atom stereocenters. The number of unbranched alkanes of at least 4 members (excludes halogenated alkanes) is 4. The smallest absolute Gasteiger partial charge is 0.104 e. The lowest BCUT2D eigenvalue weighted by Gasteiger charge is -2.24. The maximum atomic E-state index is 9.55. The van der Waals surface area contributed by atoms with Gasteiger partial charge in [-0.1, -0.05) is 81.2 Å². The summed E-state index contributed by atoms with van der Waals surface area (Å²) in [6.45, 7) is 2.25. The van der Waals surface area contributed by atoms with Crippen LogP contribution in [0.4, 0.5) is 0 Å². The lowest BCUT2D eigenvalue weighted by molar-refractivity contribution is 0.632. The minimum Gasteiger partial charge on any atom is -0.197 e. The quantitative estimate of drug-likeness (QED) is 0.606. The van der Waals surface area contributed by atoms with Gasteiger partial charge in [0.2, 0.25) is 0 Å². The molecule has 1 aromatic rings. The van der Waals surface area contributed by atoms with E-state index in [1.807, 2.05) is 18.2 Å². The highest BCUT2D eigenvalue weighted by molar-refractivity contribution is 5.43. The normalized spacial score (nSPS) is 20.4. The van der Waals surface area contributed by atoms with E-state index in [4.69, 9.17) is 0 Å². The maximum Gasteiger partial charge on any atom is 0.104 e. The molecule has 1 unspecified atom stereocenters. The van der Waals surface area contributed by atoms with Gasteiger partial charge in [0.15, 0.2) is 0 Å². The van der Waals surface area contributed by atoms with E-state index in [9.17, 15) is 5.26 Å². The monoisotopic (exact) mass is 279 g/mol. The summed E-state index contributed by atoms with van der Waals surface area (Å²) in [5.74, 6) is 0. The molecule has 0 heterocycles. The fourth-order valence-corrected chi connectivity index (χ4v) is 2.88. The van der Waals surface area contributed by atoms with Crippen LogP contribution in [0.5, 0.6) is 0 Å². The number of allylic oxidation sites excluding steroid dienone is 4. The number of hydrogen-bond donors (Lipinski definition) is 0. The average molecular weight is 279 g/mol. The lowest BCUT2D eigenvalue weighted by Crippen LogP contribution is -2.21. The first-order valence-corrected chi connectivity index (χ1v) is 8.16. The van der Waals surface area contributed by atoms with Crippen LogP contribution in [0.25, 0.3) is 0 Å². The Morgan fingerprint density at radius 2 is 1.81 bits per heavy atom. The molecule has 0 saturated heterocycles. The molecule has 0 N–H and O–H groups in total. The Morgan fingerprint density at radius 3 is 2.43 bits per heavy atom. The van der Waals surface area contributed by atoms with Crippen molar-refractivity contribution >= 4 is 0 Å². The number of nitriles is 1. The van der Waals surface area contributed by atoms with Gasteiger partial charge in [0, 0.05) is 0 Å². The van der Waals surface area contributed by atoms with Crippen LogP contribution < -0.4 is 0 Å². The molecule has 1 nitrogen and oxygen atoms in total. The second kappa shape index (κ2) is 7.84. The summed E-state index contributed by atoms with van der Waals surface area (Å²) in [6, 6.07) is 11.1. The highest BCUT2D eigenvalue weighted by Crippen LogP contribution is 2.32. The van der Waals surface area contributed by atoms with E-state index in [0.717, 1.165) is 18.4 Å². The van der Waals surface area contributed by atoms with Gasteiger partial charge in [-0.25, -0.2) is 0 Å². The molecule has 0 bridgehead atoms. The minimum atomic E-state index is -0.464. The minimum absolute atomic E-state index is 0.464. The maximum absolute atomic E-state index is 9.55. The van der Waals surface area contributed by atoms with Gasteiger partial charge in [-0.3, -0.25) is 0 Å². The molecule has 0 saturated carbocycles. The van der Waals surface area contributed by atoms with E-state index >= 15 is 0 Å². The first-order chi connectivity index (χ1) is 10.3. The summed E-state index contributed by atoms with van der Waals surface area (Å²) < 4.78 is 0. The largest absolute Gasteiger partial charge is 0.197 e. The molecule has 1 heteroatoms. The first-order valence-electron chi connectivity index (χ1n) is 8.16. The van der Waals surface area contributed by atoms with Crippen molar-refractivity contribution in [1.82, 2.24) is 0 Å². The van der Waals surface area contributed by atoms with Crippen LogP contribution >= 0.6 is 0 Å². The van der Waals surface area contributed by atoms with Crippen LogP contribution in [0.1, 0.15) is 56.6 Å². The molecule has 0 aliphatic heterocycles. The molecule has 2 rings (SSSR count). The van der Waals surface area contributed by atoms with Crippen molar-refractivity contribution in [2.24, 2.45) is 0 Å². The predicted molar refractivity (Wildman–Crippen MR) is 89.1 cm³/mol. The highest BCUT2D eigenvalue weighted by Gasteiger charge is 2.28. The van der Waals surface area contributed by atoms with E-state index in [1.165, 1.54) is 37.7 Å². The van der Waals surface area contributed by atoms with Crippen LogP contribution in [0.15, 0.2) is 48.6 Å². The number of rotatable bonds is 7. The molecule has 0 spiro atoms. The van der Waals surface area contributed by atoms with Crippen molar-refractivity contribution in [3.8, 4) is 6.07 Å². The molecule has 1 aliphatic rings. The third-order valence-corrected chi connectivity index (χ3v) is 4.31. The third kappa shape index (κ3) is 4.08. The number of nitrogens with zero attached hydrogens (tertiary/aromatic N) is 1. The molecule has 0 fully saturated rings. The Bertz CT molecular complexity index is 530. The van der Waals surface area contributed by atoms with Crippen molar-refractivity contribution in [2.75, 3.05) is 0 Å². The van der Waals surface area contributed by atoms with Gasteiger partial charge >= 0.3 is 0 Å². The summed E-state index contributed by atoms with van der Waals surface area (Å²) >= 11 is 0. The zero-order valence-electron chi connectivity index (χ0n) is 13.0. The number of aryl methyl sites for hydroxylation is 1. The number of hydrogen-bond acceptors (Lipinski definition) is 1. The van der Waals surface area contributed by atoms with Crippen LogP contribution in [-0.4, -0.2) is 0 Å². The summed E-state index contributed by atoms with van der Waals surface area (Å²) in [6.07, 6.45) is 16.6. The van der Waals surface area contributed by atoms with Crippen LogP contribution in [0.2, 0.25) is 0 Å². The predicted octanol–water partition coefficient (Wildman–Crippen LogP) is 5.48. The Balaban J connectivity index is 1.94. The van der Waals surface area contributed by atoms with E-state index in [2.05, 4.69) is 43.3 Å². The Hall–Kier alpha value is -1.81. The first kappa shape index (κ1) is 15.6. The third-order valence-electron chi connectivity index (χ3n) is 4.31. The molecule has 110 valence electrons. The van der Waals surface area contributed by atoms with Crippen molar-refractivity contribution in [3.05, 3.63) is 59.7 Å². The summed E-state index contributed by atoms with van der Waals surface area (Å²) in [5.41, 5.74) is 2.04. The fourth-order valence-electron chi connectivity index (χ4n) is 2.88. The van der Waals surface area contributed by atoms with E-state index < -0.39 is 5.41 Å². The van der Waals surface area contributed by atoms with Gasteiger partial charge in [0.05, 0.1) is 6.07 Å². The van der Waals surface area contributed by atoms with Gasteiger partial charge in [0.1, 0.15) is 5.41 Å². The molecular formula is C20H25N. The van der Waals surface area contributed by atoms with Gasteiger partial charge in [-0.2, -0.15) is 5.26 Å². The molecule has 0 radical (unpaired) electrons. The SMILES string of the molecule is CCCCCCCc1ccc(C2(C#N)C=CC=CC2)cc1. The van der Waals surface area contributed by atoms with Crippen LogP contribution in [0, 0.1) is 11.3 Å². The second-order valence-electron chi connectivity index (χ2n) is 5.94. The Morgan fingerprint density at radius 1 is 1.05 bits per heavy atom. The van der Waals surface area contributed by atoms with E-state index in [-0.39, 0.29) is 0 Å². The Kier molecular flexibility index (Phi) is 5.81.